The molecule has 0 aromatic carbocycles. The van der Waals surface area contributed by atoms with Gasteiger partial charge in [0.25, 0.3) is 0 Å². The minimum Gasteiger partial charge on any atom is -0.303 e. The topological polar surface area (TPSA) is 17.1 Å². The monoisotopic (exact) mass is 260 g/mol. The summed E-state index contributed by atoms with van der Waals surface area (Å²) in [6.07, 6.45) is 12.4. The fourth-order valence-corrected chi connectivity index (χ4v) is 5.79. The maximum absolute atomic E-state index is 12.1. The van der Waals surface area contributed by atoms with Gasteiger partial charge >= 0.3 is 0 Å². The molecule has 0 amide bonds. The summed E-state index contributed by atoms with van der Waals surface area (Å²) in [5.74, 6) is 2.31. The molecule has 0 saturated heterocycles. The third kappa shape index (κ3) is 1.92. The third-order valence-electron chi connectivity index (χ3n) is 6.70. The van der Waals surface area contributed by atoms with E-state index >= 15 is 0 Å². The lowest BCUT2D eigenvalue weighted by molar-refractivity contribution is -0.125. The Kier molecular flexibility index (Phi) is 3.15. The van der Waals surface area contributed by atoms with Gasteiger partial charge in [0.1, 0.15) is 6.29 Å². The highest BCUT2D eigenvalue weighted by molar-refractivity contribution is 5.61. The van der Waals surface area contributed by atoms with E-state index in [1.54, 1.807) is 0 Å². The molecular weight excluding hydrogens is 232 g/mol. The van der Waals surface area contributed by atoms with E-state index in [1.165, 1.54) is 44.0 Å². The third-order valence-corrected chi connectivity index (χ3v) is 6.70. The second-order valence-electron chi connectivity index (χ2n) is 8.03. The van der Waals surface area contributed by atoms with E-state index in [9.17, 15) is 4.79 Å². The zero-order valence-electron chi connectivity index (χ0n) is 12.7. The van der Waals surface area contributed by atoms with Crippen molar-refractivity contribution in [2.45, 2.75) is 65.7 Å². The molecule has 106 valence electrons. The number of hydrogen-bond donors (Lipinski definition) is 0. The van der Waals surface area contributed by atoms with Crippen LogP contribution in [0.4, 0.5) is 0 Å². The fraction of sp³-hybridized carbons (Fsp3) is 0.833. The van der Waals surface area contributed by atoms with Gasteiger partial charge in [-0.1, -0.05) is 25.5 Å². The quantitative estimate of drug-likeness (QED) is 0.516. The molecule has 0 aliphatic heterocycles. The lowest BCUT2D eigenvalue weighted by Crippen LogP contribution is -2.44. The number of allylic oxidation sites excluding steroid dienone is 2. The lowest BCUT2D eigenvalue weighted by Gasteiger charge is -2.48. The van der Waals surface area contributed by atoms with Crippen molar-refractivity contribution in [3.05, 3.63) is 11.6 Å². The Morgan fingerprint density at radius 1 is 1.32 bits per heavy atom. The van der Waals surface area contributed by atoms with Gasteiger partial charge in [0, 0.05) is 5.41 Å². The Morgan fingerprint density at radius 3 is 2.74 bits per heavy atom. The van der Waals surface area contributed by atoms with E-state index in [1.807, 2.05) is 0 Å². The SMILES string of the molecule is CC1=CCC(C=O)(C2C3CCC(C3)C2(C)C)CCC1. The highest BCUT2D eigenvalue weighted by Gasteiger charge is 2.59. The first-order valence-electron chi connectivity index (χ1n) is 8.11. The van der Waals surface area contributed by atoms with Crippen LogP contribution in [0.25, 0.3) is 0 Å². The Balaban J connectivity index is 1.96. The summed E-state index contributed by atoms with van der Waals surface area (Å²) < 4.78 is 0. The predicted molar refractivity (Wildman–Crippen MR) is 78.8 cm³/mol. The molecule has 3 aliphatic carbocycles. The average Bonchev–Trinajstić information content (AvgIpc) is 2.87. The molecule has 0 aromatic heterocycles. The van der Waals surface area contributed by atoms with Crippen LogP contribution < -0.4 is 0 Å². The molecule has 0 N–H and O–H groups in total. The van der Waals surface area contributed by atoms with Crippen LogP contribution in [0.3, 0.4) is 0 Å². The van der Waals surface area contributed by atoms with Crippen LogP contribution in [0, 0.1) is 28.6 Å². The van der Waals surface area contributed by atoms with E-state index in [0.717, 1.165) is 24.7 Å². The molecule has 0 heterocycles. The second kappa shape index (κ2) is 4.46. The molecule has 0 spiro atoms. The van der Waals surface area contributed by atoms with Gasteiger partial charge < -0.3 is 4.79 Å². The highest BCUT2D eigenvalue weighted by Crippen LogP contribution is 2.65. The van der Waals surface area contributed by atoms with Crippen molar-refractivity contribution in [1.82, 2.24) is 0 Å². The molecule has 1 nitrogen and oxygen atoms in total. The van der Waals surface area contributed by atoms with Crippen molar-refractivity contribution in [1.29, 1.82) is 0 Å². The summed E-state index contributed by atoms with van der Waals surface area (Å²) in [7, 11) is 0. The van der Waals surface area contributed by atoms with Gasteiger partial charge in [-0.05, 0) is 75.0 Å². The summed E-state index contributed by atoms with van der Waals surface area (Å²) in [6.45, 7) is 7.11. The minimum atomic E-state index is -0.0545. The molecular formula is C18H28O. The van der Waals surface area contributed by atoms with Crippen LogP contribution in [0.2, 0.25) is 0 Å². The van der Waals surface area contributed by atoms with E-state index in [2.05, 4.69) is 26.8 Å². The lowest BCUT2D eigenvalue weighted by atomic mass is 9.56. The first kappa shape index (κ1) is 13.4. The second-order valence-corrected chi connectivity index (χ2v) is 8.03. The zero-order chi connectivity index (χ0) is 13.7. The van der Waals surface area contributed by atoms with Gasteiger partial charge in [-0.25, -0.2) is 0 Å². The molecule has 4 unspecified atom stereocenters. The maximum Gasteiger partial charge on any atom is 0.126 e. The van der Waals surface area contributed by atoms with Crippen LogP contribution in [0.5, 0.6) is 0 Å². The van der Waals surface area contributed by atoms with Crippen LogP contribution in [0.15, 0.2) is 11.6 Å². The normalized spacial score (nSPS) is 44.8. The van der Waals surface area contributed by atoms with E-state index in [-0.39, 0.29) is 5.41 Å². The summed E-state index contributed by atoms with van der Waals surface area (Å²) in [5, 5.41) is 0. The van der Waals surface area contributed by atoms with Crippen LogP contribution in [-0.2, 0) is 4.79 Å². The molecule has 2 fully saturated rings. The largest absolute Gasteiger partial charge is 0.303 e. The first-order valence-corrected chi connectivity index (χ1v) is 8.11. The highest BCUT2D eigenvalue weighted by atomic mass is 16.1. The maximum atomic E-state index is 12.1. The zero-order valence-corrected chi connectivity index (χ0v) is 12.7. The van der Waals surface area contributed by atoms with Gasteiger partial charge in [-0.3, -0.25) is 0 Å². The molecule has 4 atom stereocenters. The minimum absolute atomic E-state index is 0.0545. The average molecular weight is 260 g/mol. The summed E-state index contributed by atoms with van der Waals surface area (Å²) >= 11 is 0. The molecule has 2 bridgehead atoms. The van der Waals surface area contributed by atoms with Crippen molar-refractivity contribution in [2.75, 3.05) is 0 Å². The Hall–Kier alpha value is -0.590. The van der Waals surface area contributed by atoms with Crippen LogP contribution >= 0.6 is 0 Å². The predicted octanol–water partition coefficient (Wildman–Crippen LogP) is 4.76. The van der Waals surface area contributed by atoms with Gasteiger partial charge in [0.15, 0.2) is 0 Å². The summed E-state index contributed by atoms with van der Waals surface area (Å²) in [5.41, 5.74) is 1.81. The van der Waals surface area contributed by atoms with E-state index in [4.69, 9.17) is 0 Å². The van der Waals surface area contributed by atoms with Crippen LogP contribution in [0.1, 0.15) is 65.7 Å². The van der Waals surface area contributed by atoms with E-state index < -0.39 is 0 Å². The number of carbonyl (C=O) groups excluding carboxylic acids is 1. The fourth-order valence-electron chi connectivity index (χ4n) is 5.79. The number of aldehydes is 1. The van der Waals surface area contributed by atoms with Gasteiger partial charge in [0.2, 0.25) is 0 Å². The number of rotatable bonds is 2. The van der Waals surface area contributed by atoms with Crippen molar-refractivity contribution < 1.29 is 4.79 Å². The number of fused-ring (bicyclic) bond motifs is 2. The number of hydrogen-bond acceptors (Lipinski definition) is 1. The molecule has 19 heavy (non-hydrogen) atoms. The molecule has 2 saturated carbocycles. The van der Waals surface area contributed by atoms with E-state index in [0.29, 0.717) is 11.3 Å². The first-order chi connectivity index (χ1) is 8.99. The van der Waals surface area contributed by atoms with Crippen molar-refractivity contribution in [3.63, 3.8) is 0 Å². The molecule has 1 heteroatoms. The van der Waals surface area contributed by atoms with Crippen molar-refractivity contribution in [3.8, 4) is 0 Å². The Bertz CT molecular complexity index is 406. The molecule has 3 rings (SSSR count). The van der Waals surface area contributed by atoms with Gasteiger partial charge in [-0.2, -0.15) is 0 Å². The van der Waals surface area contributed by atoms with Crippen molar-refractivity contribution >= 4 is 6.29 Å². The standard InChI is InChI=1S/C18H28O/c1-13-5-4-9-18(12-19,10-8-13)16-14-6-7-15(11-14)17(16,2)3/h8,12,14-16H,4-7,9-11H2,1-3H3. The van der Waals surface area contributed by atoms with Crippen molar-refractivity contribution in [2.24, 2.45) is 28.6 Å². The van der Waals surface area contributed by atoms with Gasteiger partial charge in [-0.15, -0.1) is 0 Å². The summed E-state index contributed by atoms with van der Waals surface area (Å²) in [4.78, 5) is 12.1. The van der Waals surface area contributed by atoms with Crippen LogP contribution in [-0.4, -0.2) is 6.29 Å². The Morgan fingerprint density at radius 2 is 2.11 bits per heavy atom. The molecule has 0 radical (unpaired) electrons. The smallest absolute Gasteiger partial charge is 0.126 e. The van der Waals surface area contributed by atoms with Gasteiger partial charge in [0.05, 0.1) is 0 Å². The Labute approximate surface area is 117 Å². The summed E-state index contributed by atoms with van der Waals surface area (Å²) in [6, 6.07) is 0. The number of carbonyl (C=O) groups is 1. The molecule has 0 aromatic rings. The molecule has 3 aliphatic rings.